The molecule has 0 saturated carbocycles. The molecule has 0 aliphatic heterocycles. The second-order valence-corrected chi connectivity index (χ2v) is 5.12. The van der Waals surface area contributed by atoms with Gasteiger partial charge in [-0.15, -0.1) is 0 Å². The number of benzene rings is 1. The van der Waals surface area contributed by atoms with Gasteiger partial charge in [0.2, 0.25) is 0 Å². The number of aryl methyl sites for hydroxylation is 1. The van der Waals surface area contributed by atoms with Crippen molar-refractivity contribution >= 4 is 5.82 Å². The Morgan fingerprint density at radius 3 is 2.79 bits per heavy atom. The zero-order valence-electron chi connectivity index (χ0n) is 12.7. The highest BCUT2D eigenvalue weighted by Gasteiger charge is 2.15. The van der Waals surface area contributed by atoms with Crippen molar-refractivity contribution in [3.8, 4) is 11.5 Å². The van der Waals surface area contributed by atoms with Crippen LogP contribution in [-0.4, -0.2) is 26.8 Å². The van der Waals surface area contributed by atoms with Crippen LogP contribution in [0, 0.1) is 18.6 Å². The summed E-state index contributed by atoms with van der Waals surface area (Å²) in [6, 6.07) is 6.72. The van der Waals surface area contributed by atoms with Gasteiger partial charge in [0.15, 0.2) is 17.5 Å². The van der Waals surface area contributed by atoms with Crippen LogP contribution in [0.3, 0.4) is 0 Å². The Bertz CT molecular complexity index is 854. The molecule has 0 fully saturated rings. The number of aliphatic hydroxyl groups excluding tert-OH is 1. The van der Waals surface area contributed by atoms with E-state index in [1.165, 1.54) is 6.07 Å². The van der Waals surface area contributed by atoms with Crippen LogP contribution in [0.4, 0.5) is 14.6 Å². The van der Waals surface area contributed by atoms with Crippen LogP contribution >= 0.6 is 0 Å². The first-order valence-electron chi connectivity index (χ1n) is 7.17. The van der Waals surface area contributed by atoms with Crippen molar-refractivity contribution in [2.45, 2.75) is 13.0 Å². The van der Waals surface area contributed by atoms with Gasteiger partial charge in [0.05, 0.1) is 11.7 Å². The molecule has 0 amide bonds. The van der Waals surface area contributed by atoms with Gasteiger partial charge in [0.1, 0.15) is 5.82 Å². The second-order valence-electron chi connectivity index (χ2n) is 5.12. The van der Waals surface area contributed by atoms with Crippen LogP contribution in [0.15, 0.2) is 41.1 Å². The summed E-state index contributed by atoms with van der Waals surface area (Å²) >= 11 is 0. The van der Waals surface area contributed by atoms with Gasteiger partial charge in [-0.05, 0) is 36.8 Å². The molecular weight excluding hydrogens is 318 g/mol. The molecule has 3 aromatic rings. The molecule has 0 saturated heterocycles. The maximum Gasteiger partial charge on any atom is 0.261 e. The van der Waals surface area contributed by atoms with E-state index in [4.69, 9.17) is 4.52 Å². The smallest absolute Gasteiger partial charge is 0.261 e. The summed E-state index contributed by atoms with van der Waals surface area (Å²) in [5.74, 6) is -0.751. The number of nitrogens with one attached hydrogen (secondary N) is 1. The number of hydrogen-bond acceptors (Lipinski definition) is 6. The van der Waals surface area contributed by atoms with E-state index in [2.05, 4.69) is 20.4 Å². The van der Waals surface area contributed by atoms with E-state index in [0.717, 1.165) is 12.1 Å². The Labute approximate surface area is 136 Å². The van der Waals surface area contributed by atoms with Gasteiger partial charge in [-0.3, -0.25) is 0 Å². The first kappa shape index (κ1) is 16.0. The number of aromatic nitrogens is 3. The zero-order valence-corrected chi connectivity index (χ0v) is 12.7. The van der Waals surface area contributed by atoms with Crippen molar-refractivity contribution in [1.29, 1.82) is 0 Å². The third kappa shape index (κ3) is 3.38. The Morgan fingerprint density at radius 1 is 1.25 bits per heavy atom. The van der Waals surface area contributed by atoms with Gasteiger partial charge in [0.25, 0.3) is 5.89 Å². The number of aliphatic hydroxyl groups is 1. The number of nitrogens with zero attached hydrogens (tertiary/aromatic N) is 3. The van der Waals surface area contributed by atoms with E-state index in [9.17, 15) is 13.9 Å². The third-order valence-corrected chi connectivity index (χ3v) is 3.36. The molecule has 0 bridgehead atoms. The van der Waals surface area contributed by atoms with Gasteiger partial charge in [-0.2, -0.15) is 4.98 Å². The van der Waals surface area contributed by atoms with E-state index in [0.29, 0.717) is 23.1 Å². The molecule has 3 rings (SSSR count). The van der Waals surface area contributed by atoms with Gasteiger partial charge in [-0.1, -0.05) is 11.2 Å². The molecule has 1 unspecified atom stereocenters. The monoisotopic (exact) mass is 332 g/mol. The predicted molar refractivity (Wildman–Crippen MR) is 82.1 cm³/mol. The van der Waals surface area contributed by atoms with Crippen LogP contribution in [0.25, 0.3) is 11.5 Å². The highest BCUT2D eigenvalue weighted by atomic mass is 19.2. The minimum atomic E-state index is -1.04. The highest BCUT2D eigenvalue weighted by molar-refractivity contribution is 5.68. The molecule has 0 aliphatic carbocycles. The topological polar surface area (TPSA) is 84.1 Å². The average Bonchev–Trinajstić information content (AvgIpc) is 3.01. The van der Waals surface area contributed by atoms with E-state index in [1.54, 1.807) is 25.3 Å². The summed E-state index contributed by atoms with van der Waals surface area (Å²) in [6.07, 6.45) is 0.526. The van der Waals surface area contributed by atoms with Gasteiger partial charge >= 0.3 is 0 Å². The number of rotatable bonds is 5. The number of anilines is 1. The lowest BCUT2D eigenvalue weighted by Gasteiger charge is -2.14. The van der Waals surface area contributed by atoms with Crippen molar-refractivity contribution in [1.82, 2.24) is 15.1 Å². The Balaban J connectivity index is 1.76. The average molecular weight is 332 g/mol. The minimum Gasteiger partial charge on any atom is -0.387 e. The fourth-order valence-electron chi connectivity index (χ4n) is 2.16. The molecule has 0 spiro atoms. The number of halogens is 2. The lowest BCUT2D eigenvalue weighted by molar-refractivity contribution is 0.191. The van der Waals surface area contributed by atoms with Crippen LogP contribution in [0.1, 0.15) is 17.5 Å². The normalized spacial score (nSPS) is 12.2. The molecule has 124 valence electrons. The van der Waals surface area contributed by atoms with E-state index < -0.39 is 17.7 Å². The van der Waals surface area contributed by atoms with Crippen molar-refractivity contribution in [2.24, 2.45) is 0 Å². The Kier molecular flexibility index (Phi) is 4.48. The number of hydrogen-bond donors (Lipinski definition) is 2. The summed E-state index contributed by atoms with van der Waals surface area (Å²) in [6.45, 7) is 1.74. The van der Waals surface area contributed by atoms with E-state index in [-0.39, 0.29) is 12.1 Å². The standard InChI is InChI=1S/C16H14F2N4O2/c1-9-21-16(24-22-9)11-3-2-6-19-15(11)20-8-14(23)10-4-5-12(17)13(18)7-10/h2-7,14,23H,8H2,1H3,(H,19,20). The van der Waals surface area contributed by atoms with Gasteiger partial charge in [0, 0.05) is 12.7 Å². The molecule has 24 heavy (non-hydrogen) atoms. The molecule has 2 heterocycles. The SMILES string of the molecule is Cc1noc(-c2cccnc2NCC(O)c2ccc(F)c(F)c2)n1. The van der Waals surface area contributed by atoms with Crippen LogP contribution in [0.2, 0.25) is 0 Å². The zero-order chi connectivity index (χ0) is 17.1. The third-order valence-electron chi connectivity index (χ3n) is 3.36. The molecule has 2 aromatic heterocycles. The molecular formula is C16H14F2N4O2. The van der Waals surface area contributed by atoms with Crippen molar-refractivity contribution in [3.05, 3.63) is 59.6 Å². The molecule has 1 atom stereocenters. The first-order chi connectivity index (χ1) is 11.5. The summed E-state index contributed by atoms with van der Waals surface area (Å²) in [4.78, 5) is 8.31. The predicted octanol–water partition coefficient (Wildman–Crippen LogP) is 2.86. The Hall–Kier alpha value is -2.87. The van der Waals surface area contributed by atoms with Crippen LogP contribution < -0.4 is 5.32 Å². The molecule has 0 radical (unpaired) electrons. The van der Waals surface area contributed by atoms with Crippen molar-refractivity contribution < 1.29 is 18.4 Å². The highest BCUT2D eigenvalue weighted by Crippen LogP contribution is 2.25. The summed E-state index contributed by atoms with van der Waals surface area (Å²) < 4.78 is 31.3. The molecule has 2 N–H and O–H groups in total. The summed E-state index contributed by atoms with van der Waals surface area (Å²) in [5.41, 5.74) is 0.836. The van der Waals surface area contributed by atoms with Crippen molar-refractivity contribution in [2.75, 3.05) is 11.9 Å². The van der Waals surface area contributed by atoms with Crippen LogP contribution in [0.5, 0.6) is 0 Å². The fraction of sp³-hybridized carbons (Fsp3) is 0.188. The van der Waals surface area contributed by atoms with Gasteiger partial charge < -0.3 is 14.9 Å². The quantitative estimate of drug-likeness (QED) is 0.747. The van der Waals surface area contributed by atoms with Gasteiger partial charge in [-0.25, -0.2) is 13.8 Å². The molecule has 1 aromatic carbocycles. The van der Waals surface area contributed by atoms with Crippen LogP contribution in [-0.2, 0) is 0 Å². The maximum atomic E-state index is 13.2. The maximum absolute atomic E-state index is 13.2. The second kappa shape index (κ2) is 6.71. The molecule has 8 heteroatoms. The number of pyridine rings is 1. The fourth-order valence-corrected chi connectivity index (χ4v) is 2.16. The summed E-state index contributed by atoms with van der Waals surface area (Å²) in [7, 11) is 0. The first-order valence-corrected chi connectivity index (χ1v) is 7.17. The lowest BCUT2D eigenvalue weighted by atomic mass is 10.1. The minimum absolute atomic E-state index is 0.0439. The van der Waals surface area contributed by atoms with E-state index >= 15 is 0 Å². The molecule has 6 nitrogen and oxygen atoms in total. The molecule has 0 aliphatic rings. The van der Waals surface area contributed by atoms with E-state index in [1.807, 2.05) is 0 Å². The lowest BCUT2D eigenvalue weighted by Crippen LogP contribution is -2.14. The Morgan fingerprint density at radius 2 is 2.08 bits per heavy atom. The summed E-state index contributed by atoms with van der Waals surface area (Å²) in [5, 5.41) is 16.8. The largest absolute Gasteiger partial charge is 0.387 e. The van der Waals surface area contributed by atoms with Crippen molar-refractivity contribution in [3.63, 3.8) is 0 Å².